The van der Waals surface area contributed by atoms with Gasteiger partial charge in [-0.3, -0.25) is 0 Å². The molecule has 0 aliphatic heterocycles. The maximum Gasteiger partial charge on any atom is 0.0725 e. The van der Waals surface area contributed by atoms with E-state index >= 15 is 0 Å². The van der Waals surface area contributed by atoms with Crippen molar-refractivity contribution in [3.63, 3.8) is 0 Å². The van der Waals surface area contributed by atoms with Crippen molar-refractivity contribution in [1.82, 2.24) is 0 Å². The zero-order valence-corrected chi connectivity index (χ0v) is 67.6. The molecule has 18 aromatic carbocycles. The summed E-state index contributed by atoms with van der Waals surface area (Å²) < 4.78 is 0. The average Bonchev–Trinajstić information content (AvgIpc) is 1.44. The van der Waals surface area contributed by atoms with Gasteiger partial charge in [-0.25, -0.2) is 0 Å². The standard InChI is InChI=1S/C38H24.C25H16.C25H18.C17H16.C15H14/c1-5-17-29-25(13-1)26-14-2-6-18-30(26)37(29)33-21-9-11-23-35(33)38(36-24-12-10-22-34(36)37)31-19-7-3-15-27(31)28-16-4-8-20-32(28)38;1-5-13-21-17(9-1)18-10-2-6-14-22(18)25(21)23-15-7-3-11-19(23)20-12-4-8-16-24(20)25;1-3-11-19(12-4-1)25(20-13-5-2-6-14-20)23-17-9-7-15-21(23)22-16-8-10-18-24(22)25;1-3-9-15-13(7-1)14-8-2-4-10-16(14)17(15)11-5-6-12-17;1-15(2)13-9-5-3-7-11(13)12-8-4-6-10-14(12)15/h1-24H;1-16H;1-18H;1-4,7-10H,5-6,11-12H2;3-10H,1-2H3. The Balaban J connectivity index is 0.0000000910. The summed E-state index contributed by atoms with van der Waals surface area (Å²) in [5.74, 6) is 0. The minimum atomic E-state index is -0.363. The normalized spacial score (nSPS) is 15.7. The fraction of sp³-hybridized carbons (Fsp3) is 0.100. The van der Waals surface area contributed by atoms with Crippen LogP contribution in [-0.4, -0.2) is 0 Å². The number of benzene rings is 18. The molecule has 18 aromatic rings. The Hall–Kier alpha value is -14.0. The van der Waals surface area contributed by atoms with Gasteiger partial charge in [-0.2, -0.15) is 0 Å². The Morgan fingerprint density at radius 2 is 0.275 bits per heavy atom. The van der Waals surface area contributed by atoms with E-state index in [0.29, 0.717) is 5.41 Å². The number of rotatable bonds is 2. The van der Waals surface area contributed by atoms with Crippen molar-refractivity contribution in [2.24, 2.45) is 0 Å². The lowest BCUT2D eigenvalue weighted by Crippen LogP contribution is -2.43. The van der Waals surface area contributed by atoms with Crippen molar-refractivity contribution in [2.45, 2.75) is 72.0 Å². The van der Waals surface area contributed by atoms with Gasteiger partial charge < -0.3 is 0 Å². The monoisotopic (exact) mass is 1530 g/mol. The maximum absolute atomic E-state index is 2.40. The summed E-state index contributed by atoms with van der Waals surface area (Å²) in [5, 5.41) is 0. The fourth-order valence-electron chi connectivity index (χ4n) is 24.2. The first kappa shape index (κ1) is 71.3. The van der Waals surface area contributed by atoms with Crippen molar-refractivity contribution >= 4 is 0 Å². The molecule has 27 rings (SSSR count). The van der Waals surface area contributed by atoms with Crippen LogP contribution in [0.4, 0.5) is 0 Å². The van der Waals surface area contributed by atoms with Crippen LogP contribution in [-0.2, 0) is 32.5 Å². The summed E-state index contributed by atoms with van der Waals surface area (Å²) in [6, 6.07) is 165. The third-order valence-corrected chi connectivity index (χ3v) is 28.8. The molecule has 120 heavy (non-hydrogen) atoms. The molecule has 9 aliphatic carbocycles. The molecule has 0 bridgehead atoms. The Kier molecular flexibility index (Phi) is 16.5. The minimum Gasteiger partial charge on any atom is -0.0622 e. The molecule has 0 heteroatoms. The highest BCUT2D eigenvalue weighted by molar-refractivity contribution is 5.97. The van der Waals surface area contributed by atoms with Crippen molar-refractivity contribution in [2.75, 3.05) is 0 Å². The van der Waals surface area contributed by atoms with E-state index in [1.807, 2.05) is 0 Å². The van der Waals surface area contributed by atoms with Gasteiger partial charge in [0.15, 0.2) is 0 Å². The Morgan fingerprint density at radius 1 is 0.133 bits per heavy atom. The minimum absolute atomic E-state index is 0.160. The molecule has 0 amide bonds. The van der Waals surface area contributed by atoms with Crippen molar-refractivity contribution < 1.29 is 0 Å². The van der Waals surface area contributed by atoms with Gasteiger partial charge in [0, 0.05) is 10.8 Å². The van der Waals surface area contributed by atoms with Crippen LogP contribution >= 0.6 is 0 Å². The van der Waals surface area contributed by atoms with Crippen LogP contribution < -0.4 is 0 Å². The van der Waals surface area contributed by atoms with Crippen LogP contribution in [0.2, 0.25) is 0 Å². The average molecular weight is 1530 g/mol. The fourth-order valence-corrected chi connectivity index (χ4v) is 24.2. The summed E-state index contributed by atoms with van der Waals surface area (Å²) in [7, 11) is 0. The van der Waals surface area contributed by atoms with Gasteiger partial charge in [0.05, 0.1) is 21.7 Å². The first-order valence-electron chi connectivity index (χ1n) is 43.0. The Labute approximate surface area is 705 Å². The highest BCUT2D eigenvalue weighted by Gasteiger charge is 2.59. The van der Waals surface area contributed by atoms with Gasteiger partial charge in [-0.15, -0.1) is 0 Å². The molecule has 0 saturated heterocycles. The van der Waals surface area contributed by atoms with Crippen LogP contribution in [0.1, 0.15) is 151 Å². The van der Waals surface area contributed by atoms with Gasteiger partial charge in [0.25, 0.3) is 0 Å². The summed E-state index contributed by atoms with van der Waals surface area (Å²) in [5.41, 5.74) is 46.8. The van der Waals surface area contributed by atoms with Gasteiger partial charge in [0.2, 0.25) is 0 Å². The molecule has 0 aromatic heterocycles. The zero-order chi connectivity index (χ0) is 79.8. The van der Waals surface area contributed by atoms with E-state index in [4.69, 9.17) is 0 Å². The van der Waals surface area contributed by atoms with Gasteiger partial charge in [-0.05, 0) is 202 Å². The van der Waals surface area contributed by atoms with Crippen molar-refractivity contribution in [1.29, 1.82) is 0 Å². The summed E-state index contributed by atoms with van der Waals surface area (Å²) >= 11 is 0. The van der Waals surface area contributed by atoms with E-state index in [1.54, 1.807) is 11.1 Å². The van der Waals surface area contributed by atoms with Gasteiger partial charge in [-0.1, -0.05) is 476 Å². The van der Waals surface area contributed by atoms with Crippen LogP contribution in [0, 0.1) is 0 Å². The highest BCUT2D eigenvalue weighted by atomic mass is 14.6. The molecule has 0 radical (unpaired) electrons. The molecular weight excluding hydrogens is 1440 g/mol. The first-order valence-corrected chi connectivity index (χ1v) is 43.0. The van der Waals surface area contributed by atoms with Gasteiger partial charge in [0.1, 0.15) is 0 Å². The van der Waals surface area contributed by atoms with Crippen molar-refractivity contribution in [3.8, 4) is 77.9 Å². The van der Waals surface area contributed by atoms with Crippen LogP contribution in [0.3, 0.4) is 0 Å². The predicted molar refractivity (Wildman–Crippen MR) is 496 cm³/mol. The molecule has 568 valence electrons. The SMILES string of the molecule is CC1(C)c2ccccc2-c2ccccc21.c1ccc(C2(c3ccccc3)c3ccccc3-c3ccccc32)cc1.c1ccc2c(c1)-c1ccccc1C21CCCC1.c1ccc2c(c1)-c1ccccc1C21c2ccccc2-c2ccccc21.c1ccc2c(c1)-c1ccccc1C21c2ccccc2C2(c3ccccc3-c3ccccc32)c2ccccc21. The summed E-state index contributed by atoms with van der Waals surface area (Å²) in [4.78, 5) is 0. The lowest BCUT2D eigenvalue weighted by Gasteiger charge is -2.48. The van der Waals surface area contributed by atoms with Gasteiger partial charge >= 0.3 is 0 Å². The molecule has 0 N–H and O–H groups in total. The molecule has 0 unspecified atom stereocenters. The van der Waals surface area contributed by atoms with E-state index < -0.39 is 0 Å². The molecule has 0 nitrogen and oxygen atoms in total. The smallest absolute Gasteiger partial charge is 0.0622 e. The van der Waals surface area contributed by atoms with Crippen LogP contribution in [0.25, 0.3) is 77.9 Å². The Morgan fingerprint density at radius 3 is 0.492 bits per heavy atom. The van der Waals surface area contributed by atoms with E-state index in [2.05, 4.69) is 463 Å². The van der Waals surface area contributed by atoms with Crippen LogP contribution in [0.5, 0.6) is 0 Å². The molecule has 4 spiro atoms. The highest BCUT2D eigenvalue weighted by Crippen LogP contribution is 2.69. The lowest BCUT2D eigenvalue weighted by molar-refractivity contribution is 0.550. The largest absolute Gasteiger partial charge is 0.0725 e. The number of hydrogen-bond acceptors (Lipinski definition) is 0. The summed E-state index contributed by atoms with van der Waals surface area (Å²) in [6.07, 6.45) is 5.42. The molecule has 9 aliphatic rings. The van der Waals surface area contributed by atoms with E-state index in [9.17, 15) is 0 Å². The third-order valence-electron chi connectivity index (χ3n) is 28.8. The molecule has 0 atom stereocenters. The predicted octanol–water partition coefficient (Wildman–Crippen LogP) is 29.3. The van der Waals surface area contributed by atoms with E-state index in [-0.39, 0.29) is 27.1 Å². The second-order valence-electron chi connectivity index (χ2n) is 34.4. The third kappa shape index (κ3) is 9.82. The molecule has 0 heterocycles. The molecule has 1 saturated carbocycles. The van der Waals surface area contributed by atoms with Crippen molar-refractivity contribution in [3.05, 3.63) is 560 Å². The topological polar surface area (TPSA) is 0 Å². The lowest BCUT2D eigenvalue weighted by atomic mass is 9.52. The molecular formula is C120H88. The van der Waals surface area contributed by atoms with E-state index in [0.717, 1.165) is 0 Å². The van der Waals surface area contributed by atoms with E-state index in [1.165, 1.54) is 204 Å². The number of fused-ring (bicyclic) bond motifs is 37. The van der Waals surface area contributed by atoms with Crippen LogP contribution in [0.15, 0.2) is 449 Å². The first-order chi connectivity index (χ1) is 59.3. The quantitative estimate of drug-likeness (QED) is 0.162. The number of hydrogen-bond donors (Lipinski definition) is 0. The second kappa shape index (κ2) is 27.8. The zero-order valence-electron chi connectivity index (χ0n) is 67.6. The summed E-state index contributed by atoms with van der Waals surface area (Å²) in [6.45, 7) is 4.61. The second-order valence-corrected chi connectivity index (χ2v) is 34.4. The Bertz CT molecular complexity index is 6320. The maximum atomic E-state index is 2.40. The molecule has 1 fully saturated rings.